The van der Waals surface area contributed by atoms with E-state index in [1.54, 1.807) is 6.07 Å². The summed E-state index contributed by atoms with van der Waals surface area (Å²) in [6.45, 7) is 10.3. The number of aromatic hydroxyl groups is 1. The van der Waals surface area contributed by atoms with E-state index in [9.17, 15) is 14.3 Å². The van der Waals surface area contributed by atoms with Crippen molar-refractivity contribution in [1.29, 1.82) is 0 Å². The number of primary amides is 1. The number of likely N-dealkylation sites (tertiary alicyclic amines) is 1. The van der Waals surface area contributed by atoms with Gasteiger partial charge in [0.1, 0.15) is 0 Å². The second kappa shape index (κ2) is 7.27. The fraction of sp³-hybridized carbons (Fsp3) is 0.458. The fourth-order valence-corrected chi connectivity index (χ4v) is 5.36. The molecule has 0 saturated carbocycles. The van der Waals surface area contributed by atoms with E-state index >= 15 is 0 Å². The van der Waals surface area contributed by atoms with Gasteiger partial charge in [-0.3, -0.25) is 14.8 Å². The molecule has 0 spiro atoms. The molecule has 0 radical (unpaired) electrons. The van der Waals surface area contributed by atoms with E-state index in [2.05, 4.69) is 28.9 Å². The minimum atomic E-state index is -0.732. The number of nitrogens with one attached hydrogen (secondary N) is 1. The minimum Gasteiger partial charge on any atom is -0.505 e. The van der Waals surface area contributed by atoms with Crippen LogP contribution in [0.1, 0.15) is 51.3 Å². The molecule has 4 N–H and O–H groups in total. The van der Waals surface area contributed by atoms with Gasteiger partial charge < -0.3 is 10.8 Å². The van der Waals surface area contributed by atoms with Crippen LogP contribution in [0.5, 0.6) is 5.75 Å². The number of hydrogen-bond acceptors (Lipinski definition) is 5. The normalized spacial score (nSPS) is 22.8. The van der Waals surface area contributed by atoms with Crippen molar-refractivity contribution in [3.8, 4) is 17.0 Å². The largest absolute Gasteiger partial charge is 0.505 e. The number of H-pyrrole nitrogens is 1. The second-order valence-corrected chi connectivity index (χ2v) is 10.0. The third-order valence-electron chi connectivity index (χ3n) is 7.35. The number of benzene rings is 1. The molecule has 1 fully saturated rings. The number of piperidine rings is 1. The monoisotopic (exact) mass is 439 g/mol. The maximum Gasteiger partial charge on any atom is 0.223 e. The summed E-state index contributed by atoms with van der Waals surface area (Å²) in [5, 5.41) is 17.8. The summed E-state index contributed by atoms with van der Waals surface area (Å²) in [7, 11) is 2.02. The van der Waals surface area contributed by atoms with Gasteiger partial charge in [-0.05, 0) is 77.9 Å². The molecule has 7 nitrogen and oxygen atoms in total. The van der Waals surface area contributed by atoms with Gasteiger partial charge in [-0.2, -0.15) is 5.10 Å². The number of halogens is 1. The number of fused-ring (bicyclic) bond motifs is 1. The number of aromatic nitrogens is 3. The maximum atomic E-state index is 14.3. The van der Waals surface area contributed by atoms with Crippen LogP contribution in [0.2, 0.25) is 0 Å². The van der Waals surface area contributed by atoms with Gasteiger partial charge in [-0.15, -0.1) is 0 Å². The lowest BCUT2D eigenvalue weighted by atomic mass is 9.63. The second-order valence-electron chi connectivity index (χ2n) is 10.0. The van der Waals surface area contributed by atoms with E-state index in [0.717, 1.165) is 16.6 Å². The quantitative estimate of drug-likeness (QED) is 0.574. The van der Waals surface area contributed by atoms with Crippen molar-refractivity contribution in [1.82, 2.24) is 20.1 Å². The molecule has 3 heterocycles. The van der Waals surface area contributed by atoms with Crippen molar-refractivity contribution in [2.75, 3.05) is 7.05 Å². The molecule has 0 aliphatic carbocycles. The molecule has 170 valence electrons. The van der Waals surface area contributed by atoms with Crippen LogP contribution < -0.4 is 5.73 Å². The van der Waals surface area contributed by atoms with Gasteiger partial charge >= 0.3 is 0 Å². The Hall–Kier alpha value is -3.00. The molecule has 1 aromatic carbocycles. The lowest BCUT2D eigenvalue weighted by Crippen LogP contribution is -2.65. The highest BCUT2D eigenvalue weighted by Gasteiger charge is 2.53. The molecule has 4 rings (SSSR count). The Morgan fingerprint density at radius 1 is 1.28 bits per heavy atom. The van der Waals surface area contributed by atoms with E-state index in [1.165, 1.54) is 12.1 Å². The third-order valence-corrected chi connectivity index (χ3v) is 7.35. The Morgan fingerprint density at radius 3 is 2.59 bits per heavy atom. The Kier molecular flexibility index (Phi) is 5.04. The van der Waals surface area contributed by atoms with E-state index in [0.29, 0.717) is 23.3 Å². The standard InChI is InChI=1S/C24H30FN5O2/c1-12-14-10-15(16-11-23(2,3)30(6)24(4,5)19(16)21(26)32)20(27-22(14)29-28-12)13-7-8-18(31)17(25)9-13/h7-10,16,19,31H,11H2,1-6H3,(H2,26,32)(H,27,28,29). The van der Waals surface area contributed by atoms with E-state index < -0.39 is 23.0 Å². The smallest absolute Gasteiger partial charge is 0.223 e. The molecule has 2 atom stereocenters. The number of phenolic OH excluding ortho intramolecular Hbond substituents is 1. The van der Waals surface area contributed by atoms with Crippen LogP contribution in [0.3, 0.4) is 0 Å². The van der Waals surface area contributed by atoms with Crippen molar-refractivity contribution >= 4 is 16.9 Å². The number of phenols is 1. The zero-order chi connectivity index (χ0) is 23.6. The Labute approximate surface area is 186 Å². The SMILES string of the molecule is Cc1[nH]nc2nc(-c3ccc(O)c(F)c3)c(C3CC(C)(C)N(C)C(C)(C)C3C(N)=O)cc12. The third kappa shape index (κ3) is 3.33. The highest BCUT2D eigenvalue weighted by molar-refractivity contribution is 5.85. The molecule has 1 saturated heterocycles. The molecular weight excluding hydrogens is 409 g/mol. The molecule has 1 aliphatic rings. The number of aryl methyl sites for hydroxylation is 1. The lowest BCUT2D eigenvalue weighted by Gasteiger charge is -2.57. The molecule has 1 amide bonds. The Bertz CT molecular complexity index is 1220. The summed E-state index contributed by atoms with van der Waals surface area (Å²) in [5.74, 6) is -2.28. The number of nitrogens with two attached hydrogens (primary N) is 1. The summed E-state index contributed by atoms with van der Waals surface area (Å²) in [4.78, 5) is 19.8. The number of pyridine rings is 1. The fourth-order valence-electron chi connectivity index (χ4n) is 5.36. The highest BCUT2D eigenvalue weighted by atomic mass is 19.1. The number of rotatable bonds is 3. The van der Waals surface area contributed by atoms with Crippen LogP contribution in [0.4, 0.5) is 4.39 Å². The molecule has 2 aromatic heterocycles. The van der Waals surface area contributed by atoms with Crippen LogP contribution >= 0.6 is 0 Å². The lowest BCUT2D eigenvalue weighted by molar-refractivity contribution is -0.135. The van der Waals surface area contributed by atoms with Crippen molar-refractivity contribution in [2.24, 2.45) is 11.7 Å². The molecule has 3 aromatic rings. The van der Waals surface area contributed by atoms with Crippen molar-refractivity contribution in [3.63, 3.8) is 0 Å². The van der Waals surface area contributed by atoms with Crippen molar-refractivity contribution in [3.05, 3.63) is 41.3 Å². The first-order chi connectivity index (χ1) is 14.8. The predicted molar refractivity (Wildman–Crippen MR) is 122 cm³/mol. The summed E-state index contributed by atoms with van der Waals surface area (Å²) in [6.07, 6.45) is 0.665. The number of hydrogen-bond donors (Lipinski definition) is 3. The number of aromatic amines is 1. The summed E-state index contributed by atoms with van der Waals surface area (Å²) in [5.41, 5.74) is 8.48. The average Bonchev–Trinajstić information content (AvgIpc) is 3.06. The van der Waals surface area contributed by atoms with Crippen LogP contribution in [-0.4, -0.2) is 49.2 Å². The first-order valence-electron chi connectivity index (χ1n) is 10.7. The molecule has 2 unspecified atom stereocenters. The summed E-state index contributed by atoms with van der Waals surface area (Å²) >= 11 is 0. The van der Waals surface area contributed by atoms with E-state index in [1.807, 2.05) is 33.9 Å². The van der Waals surface area contributed by atoms with Gasteiger partial charge in [0.05, 0.1) is 11.6 Å². The average molecular weight is 440 g/mol. The maximum absolute atomic E-state index is 14.3. The van der Waals surface area contributed by atoms with E-state index in [-0.39, 0.29) is 17.4 Å². The van der Waals surface area contributed by atoms with Crippen molar-refractivity contribution in [2.45, 2.75) is 58.0 Å². The predicted octanol–water partition coefficient (Wildman–Crippen LogP) is 3.86. The molecule has 32 heavy (non-hydrogen) atoms. The molecule has 0 bridgehead atoms. The molecular formula is C24H30FN5O2. The van der Waals surface area contributed by atoms with Gasteiger partial charge in [0.15, 0.2) is 17.2 Å². The Balaban J connectivity index is 2.02. The summed E-state index contributed by atoms with van der Waals surface area (Å²) < 4.78 is 14.3. The minimum absolute atomic E-state index is 0.224. The van der Waals surface area contributed by atoms with Crippen molar-refractivity contribution < 1.29 is 14.3 Å². The van der Waals surface area contributed by atoms with Crippen LogP contribution in [0, 0.1) is 18.7 Å². The number of nitrogens with zero attached hydrogens (tertiary/aromatic N) is 3. The van der Waals surface area contributed by atoms with Gasteiger partial charge in [0.25, 0.3) is 0 Å². The van der Waals surface area contributed by atoms with Gasteiger partial charge in [0, 0.05) is 33.6 Å². The number of carbonyl (C=O) groups excluding carboxylic acids is 1. The zero-order valence-electron chi connectivity index (χ0n) is 19.3. The van der Waals surface area contributed by atoms with Crippen LogP contribution in [-0.2, 0) is 4.79 Å². The first-order valence-corrected chi connectivity index (χ1v) is 10.7. The van der Waals surface area contributed by atoms with Crippen LogP contribution in [0.15, 0.2) is 24.3 Å². The van der Waals surface area contributed by atoms with E-state index in [4.69, 9.17) is 10.7 Å². The number of amides is 1. The highest BCUT2D eigenvalue weighted by Crippen LogP contribution is 2.50. The van der Waals surface area contributed by atoms with Gasteiger partial charge in [0.2, 0.25) is 5.91 Å². The zero-order valence-corrected chi connectivity index (χ0v) is 19.3. The topological polar surface area (TPSA) is 108 Å². The summed E-state index contributed by atoms with van der Waals surface area (Å²) in [6, 6.07) is 6.20. The number of carbonyl (C=O) groups is 1. The van der Waals surface area contributed by atoms with Crippen LogP contribution in [0.25, 0.3) is 22.3 Å². The first kappa shape index (κ1) is 22.2. The van der Waals surface area contributed by atoms with Gasteiger partial charge in [-0.1, -0.05) is 0 Å². The molecule has 1 aliphatic heterocycles. The molecule has 8 heteroatoms. The van der Waals surface area contributed by atoms with Gasteiger partial charge in [-0.25, -0.2) is 9.37 Å². The Morgan fingerprint density at radius 2 is 1.97 bits per heavy atom.